The molecule has 8 heteroatoms. The number of amides is 1. The minimum Gasteiger partial charge on any atom is -0.380 e. The minimum atomic E-state index is -3.93. The van der Waals surface area contributed by atoms with Crippen molar-refractivity contribution < 1.29 is 17.9 Å². The summed E-state index contributed by atoms with van der Waals surface area (Å²) < 4.78 is 28.3. The molecule has 112 valence electrons. The number of aryl methyl sites for hydroxylation is 1. The molecule has 0 aromatic heterocycles. The van der Waals surface area contributed by atoms with E-state index in [4.69, 9.17) is 15.4 Å². The summed E-state index contributed by atoms with van der Waals surface area (Å²) in [6.45, 7) is 3.82. The van der Waals surface area contributed by atoms with Crippen molar-refractivity contribution in [2.75, 3.05) is 13.7 Å². The average Bonchev–Trinajstić information content (AvgIpc) is 2.36. The first kappa shape index (κ1) is 17.4. The first-order valence-corrected chi connectivity index (χ1v) is 8.83. The Morgan fingerprint density at radius 2 is 2.10 bits per heavy atom. The number of carbonyl (C=O) groups is 1. The van der Waals surface area contributed by atoms with E-state index in [1.165, 1.54) is 6.07 Å². The molecule has 1 amide bonds. The molecule has 1 aromatic carbocycles. The van der Waals surface area contributed by atoms with Crippen LogP contribution in [-0.4, -0.2) is 34.1 Å². The number of benzene rings is 1. The molecule has 1 rings (SSSR count). The molecular weight excluding hydrogens is 370 g/mol. The fourth-order valence-electron chi connectivity index (χ4n) is 1.47. The monoisotopic (exact) mass is 383 g/mol. The Hall–Kier alpha value is -0.630. The molecule has 0 fully saturated rings. The summed E-state index contributed by atoms with van der Waals surface area (Å²) in [6, 6.07) is 2.83. The maximum absolute atomic E-state index is 12.0. The van der Waals surface area contributed by atoms with E-state index < -0.39 is 9.05 Å². The third-order valence-corrected chi connectivity index (χ3v) is 5.36. The molecule has 0 bridgehead atoms. The van der Waals surface area contributed by atoms with Crippen LogP contribution < -0.4 is 5.32 Å². The van der Waals surface area contributed by atoms with Gasteiger partial charge in [-0.1, -0.05) is 0 Å². The highest BCUT2D eigenvalue weighted by Gasteiger charge is 2.19. The lowest BCUT2D eigenvalue weighted by atomic mass is 10.1. The van der Waals surface area contributed by atoms with Gasteiger partial charge < -0.3 is 10.1 Å². The van der Waals surface area contributed by atoms with Crippen LogP contribution in [0.4, 0.5) is 0 Å². The van der Waals surface area contributed by atoms with Gasteiger partial charge in [0, 0.05) is 34.4 Å². The summed E-state index contributed by atoms with van der Waals surface area (Å²) in [4.78, 5) is 11.9. The number of nitrogens with one attached hydrogen (secondary N) is 1. The van der Waals surface area contributed by atoms with Crippen molar-refractivity contribution in [1.82, 2.24) is 5.32 Å². The Morgan fingerprint density at radius 3 is 2.60 bits per heavy atom. The van der Waals surface area contributed by atoms with Gasteiger partial charge in [-0.2, -0.15) is 0 Å². The Kier molecular flexibility index (Phi) is 6.00. The van der Waals surface area contributed by atoms with Gasteiger partial charge in [0.15, 0.2) is 0 Å². The van der Waals surface area contributed by atoms with Crippen molar-refractivity contribution in [3.63, 3.8) is 0 Å². The highest BCUT2D eigenvalue weighted by Crippen LogP contribution is 2.29. The molecule has 1 atom stereocenters. The molecule has 0 aliphatic rings. The molecule has 0 spiro atoms. The van der Waals surface area contributed by atoms with Crippen LogP contribution in [-0.2, 0) is 13.8 Å². The summed E-state index contributed by atoms with van der Waals surface area (Å²) in [5, 5.41) is 2.66. The lowest BCUT2D eigenvalue weighted by Crippen LogP contribution is -2.31. The quantitative estimate of drug-likeness (QED) is 0.792. The molecule has 1 aromatic rings. The van der Waals surface area contributed by atoms with Gasteiger partial charge >= 0.3 is 0 Å². The lowest BCUT2D eigenvalue weighted by molar-refractivity contribution is 0.0870. The summed E-state index contributed by atoms with van der Waals surface area (Å²) in [6.07, 6.45) is -0.133. The molecule has 0 saturated heterocycles. The number of methoxy groups -OCH3 is 1. The van der Waals surface area contributed by atoms with Crippen molar-refractivity contribution in [3.8, 4) is 0 Å². The molecule has 1 N–H and O–H groups in total. The number of hydrogen-bond acceptors (Lipinski definition) is 4. The lowest BCUT2D eigenvalue weighted by Gasteiger charge is -2.12. The van der Waals surface area contributed by atoms with E-state index in [1.807, 2.05) is 6.92 Å². The van der Waals surface area contributed by atoms with Gasteiger partial charge in [0.2, 0.25) is 0 Å². The second-order valence-electron chi connectivity index (χ2n) is 4.30. The smallest absolute Gasteiger partial charge is 0.262 e. The number of hydrogen-bond donors (Lipinski definition) is 1. The van der Waals surface area contributed by atoms with Crippen molar-refractivity contribution in [2.45, 2.75) is 24.8 Å². The molecular formula is C12H15BrClNO4S. The third kappa shape index (κ3) is 4.44. The molecule has 0 saturated carbocycles. The van der Waals surface area contributed by atoms with E-state index in [0.717, 1.165) is 0 Å². The number of ether oxygens (including phenoxy) is 1. The van der Waals surface area contributed by atoms with Crippen LogP contribution >= 0.6 is 26.6 Å². The van der Waals surface area contributed by atoms with E-state index in [1.54, 1.807) is 20.1 Å². The Balaban J connectivity index is 3.09. The summed E-state index contributed by atoms with van der Waals surface area (Å²) in [7, 11) is 2.97. The van der Waals surface area contributed by atoms with Gasteiger partial charge in [-0.3, -0.25) is 4.79 Å². The van der Waals surface area contributed by atoms with Crippen LogP contribution in [0, 0.1) is 6.92 Å². The molecule has 1 unspecified atom stereocenters. The SMILES string of the molecule is COC(C)CNC(=O)c1cc(C)c(Br)c(S(=O)(=O)Cl)c1. The zero-order chi connectivity index (χ0) is 15.5. The van der Waals surface area contributed by atoms with Crippen LogP contribution in [0.1, 0.15) is 22.8 Å². The zero-order valence-corrected chi connectivity index (χ0v) is 14.4. The summed E-state index contributed by atoms with van der Waals surface area (Å²) in [5.74, 6) is -0.383. The van der Waals surface area contributed by atoms with Gasteiger partial charge in [0.05, 0.1) is 11.0 Å². The Morgan fingerprint density at radius 1 is 1.50 bits per heavy atom. The highest BCUT2D eigenvalue weighted by atomic mass is 79.9. The molecule has 0 aliphatic carbocycles. The first-order chi connectivity index (χ1) is 9.16. The van der Waals surface area contributed by atoms with Crippen molar-refractivity contribution in [1.29, 1.82) is 0 Å². The van der Waals surface area contributed by atoms with Crippen LogP contribution in [0.15, 0.2) is 21.5 Å². The van der Waals surface area contributed by atoms with Gasteiger partial charge in [-0.15, -0.1) is 0 Å². The van der Waals surface area contributed by atoms with Gasteiger partial charge in [0.1, 0.15) is 0 Å². The van der Waals surface area contributed by atoms with Gasteiger partial charge in [-0.25, -0.2) is 8.42 Å². The summed E-state index contributed by atoms with van der Waals surface area (Å²) in [5.41, 5.74) is 0.838. The second kappa shape index (κ2) is 6.89. The molecule has 20 heavy (non-hydrogen) atoms. The molecule has 0 radical (unpaired) electrons. The maximum atomic E-state index is 12.0. The minimum absolute atomic E-state index is 0.121. The molecule has 5 nitrogen and oxygen atoms in total. The molecule has 0 heterocycles. The van der Waals surface area contributed by atoms with Crippen molar-refractivity contribution in [2.24, 2.45) is 0 Å². The average molecular weight is 385 g/mol. The highest BCUT2D eigenvalue weighted by molar-refractivity contribution is 9.10. The number of carbonyl (C=O) groups excluding carboxylic acids is 1. The zero-order valence-electron chi connectivity index (χ0n) is 11.2. The van der Waals surface area contributed by atoms with Crippen LogP contribution in [0.2, 0.25) is 0 Å². The largest absolute Gasteiger partial charge is 0.380 e. The Bertz CT molecular complexity index is 618. The topological polar surface area (TPSA) is 72.5 Å². The summed E-state index contributed by atoms with van der Waals surface area (Å²) >= 11 is 3.16. The van der Waals surface area contributed by atoms with E-state index in [9.17, 15) is 13.2 Å². The van der Waals surface area contributed by atoms with Gasteiger partial charge in [0.25, 0.3) is 15.0 Å². The fourth-order valence-corrected chi connectivity index (χ4v) is 3.62. The fraction of sp³-hybridized carbons (Fsp3) is 0.417. The van der Waals surface area contributed by atoms with Crippen molar-refractivity contribution >= 4 is 41.6 Å². The molecule has 0 aliphatic heterocycles. The third-order valence-electron chi connectivity index (χ3n) is 2.70. The van der Waals surface area contributed by atoms with Crippen LogP contribution in [0.5, 0.6) is 0 Å². The standard InChI is InChI=1S/C12H15BrClNO4S/c1-7-4-9(12(16)15-6-8(2)19-3)5-10(11(7)13)20(14,17)18/h4-5,8H,6H2,1-3H3,(H,15,16). The van der Waals surface area contributed by atoms with E-state index in [-0.39, 0.29) is 22.5 Å². The first-order valence-electron chi connectivity index (χ1n) is 5.72. The maximum Gasteiger partial charge on any atom is 0.262 e. The van der Waals surface area contributed by atoms with Crippen LogP contribution in [0.25, 0.3) is 0 Å². The van der Waals surface area contributed by atoms with Gasteiger partial charge in [-0.05, 0) is 47.5 Å². The predicted molar refractivity (Wildman–Crippen MR) is 80.7 cm³/mol. The second-order valence-corrected chi connectivity index (χ2v) is 7.63. The van der Waals surface area contributed by atoms with E-state index in [0.29, 0.717) is 16.6 Å². The van der Waals surface area contributed by atoms with Crippen molar-refractivity contribution in [3.05, 3.63) is 27.7 Å². The van der Waals surface area contributed by atoms with E-state index >= 15 is 0 Å². The number of halogens is 2. The number of rotatable bonds is 5. The van der Waals surface area contributed by atoms with Crippen LogP contribution in [0.3, 0.4) is 0 Å². The Labute approximate surface area is 131 Å². The van der Waals surface area contributed by atoms with E-state index in [2.05, 4.69) is 21.2 Å². The normalized spacial score (nSPS) is 13.1. The predicted octanol–water partition coefficient (Wildman–Crippen LogP) is 2.45.